The van der Waals surface area contributed by atoms with E-state index in [2.05, 4.69) is 20.1 Å². The third-order valence-corrected chi connectivity index (χ3v) is 5.80. The summed E-state index contributed by atoms with van der Waals surface area (Å²) < 4.78 is 71.3. The fourth-order valence-electron chi connectivity index (χ4n) is 3.89. The highest BCUT2D eigenvalue weighted by molar-refractivity contribution is 5.95. The maximum atomic E-state index is 13.9. The molecule has 2 aromatic heterocycles. The van der Waals surface area contributed by atoms with Gasteiger partial charge in [0.05, 0.1) is 23.6 Å². The molecule has 13 heteroatoms. The van der Waals surface area contributed by atoms with E-state index in [1.165, 1.54) is 48.8 Å². The molecule has 1 aliphatic carbocycles. The molecule has 8 nitrogen and oxygen atoms in total. The van der Waals surface area contributed by atoms with Crippen LogP contribution in [0.25, 0.3) is 16.9 Å². The minimum atomic E-state index is -3.39. The van der Waals surface area contributed by atoms with E-state index < -0.39 is 54.3 Å². The lowest BCUT2D eigenvalue weighted by Crippen LogP contribution is -2.54. The van der Waals surface area contributed by atoms with Crippen LogP contribution in [-0.2, 0) is 0 Å². The van der Waals surface area contributed by atoms with Crippen LogP contribution >= 0.6 is 0 Å². The highest BCUT2D eigenvalue weighted by atomic mass is 19.3. The van der Waals surface area contributed by atoms with E-state index in [0.29, 0.717) is 5.56 Å². The Morgan fingerprint density at radius 1 is 1.19 bits per heavy atom. The van der Waals surface area contributed by atoms with Gasteiger partial charge in [0.15, 0.2) is 0 Å². The van der Waals surface area contributed by atoms with Crippen molar-refractivity contribution in [3.63, 3.8) is 0 Å². The minimum Gasteiger partial charge on any atom is -0.454 e. The largest absolute Gasteiger partial charge is 0.454 e. The van der Waals surface area contributed by atoms with Crippen LogP contribution in [0.5, 0.6) is 5.75 Å². The summed E-state index contributed by atoms with van der Waals surface area (Å²) in [5.74, 6) is -4.57. The van der Waals surface area contributed by atoms with Gasteiger partial charge in [-0.1, -0.05) is 0 Å². The van der Waals surface area contributed by atoms with Crippen molar-refractivity contribution in [3.8, 4) is 22.7 Å². The number of hydrogen-bond donors (Lipinski definition) is 2. The van der Waals surface area contributed by atoms with Crippen LogP contribution in [0.3, 0.4) is 0 Å². The van der Waals surface area contributed by atoms with E-state index in [4.69, 9.17) is 0 Å². The number of alkyl halides is 5. The molecule has 1 aliphatic rings. The van der Waals surface area contributed by atoms with Crippen LogP contribution in [0.15, 0.2) is 59.7 Å². The second kappa shape index (κ2) is 10.6. The number of halogens is 5. The van der Waals surface area contributed by atoms with Gasteiger partial charge in [0.2, 0.25) is 0 Å². The van der Waals surface area contributed by atoms with Crippen molar-refractivity contribution in [2.75, 3.05) is 0 Å². The number of aromatic nitrogens is 3. The van der Waals surface area contributed by atoms with Gasteiger partial charge in [-0.25, -0.2) is 17.6 Å². The highest BCUT2D eigenvalue weighted by Crippen LogP contribution is 2.33. The molecular weight excluding hydrogens is 503 g/mol. The van der Waals surface area contributed by atoms with Crippen LogP contribution in [-0.4, -0.2) is 56.6 Å². The number of carbonyl (C=O) groups is 1. The van der Waals surface area contributed by atoms with Gasteiger partial charge in [0, 0.05) is 18.2 Å². The van der Waals surface area contributed by atoms with Gasteiger partial charge in [-0.2, -0.15) is 14.2 Å². The summed E-state index contributed by atoms with van der Waals surface area (Å²) in [7, 11) is 0. The zero-order chi connectivity index (χ0) is 26.7. The number of nitrogens with zero attached hydrogens (tertiary/aromatic N) is 3. The molecule has 2 heterocycles. The van der Waals surface area contributed by atoms with Crippen molar-refractivity contribution in [1.82, 2.24) is 20.1 Å². The molecule has 1 fully saturated rings. The van der Waals surface area contributed by atoms with Crippen molar-refractivity contribution in [2.45, 2.75) is 50.1 Å². The van der Waals surface area contributed by atoms with Crippen molar-refractivity contribution in [2.24, 2.45) is 0 Å². The number of hydrogen-bond acceptors (Lipinski definition) is 6. The Bertz CT molecular complexity index is 1300. The average molecular weight is 524 g/mol. The maximum absolute atomic E-state index is 13.9. The van der Waals surface area contributed by atoms with Gasteiger partial charge >= 0.3 is 6.43 Å². The second-order valence-electron chi connectivity index (χ2n) is 8.38. The number of aliphatic hydroxyl groups is 1. The minimum absolute atomic E-state index is 0.0657. The van der Waals surface area contributed by atoms with Gasteiger partial charge in [0.25, 0.3) is 23.7 Å². The maximum Gasteiger partial charge on any atom is 0.304 e. The van der Waals surface area contributed by atoms with E-state index in [9.17, 15) is 36.6 Å². The summed E-state index contributed by atoms with van der Waals surface area (Å²) in [5, 5.41) is 16.6. The first-order chi connectivity index (χ1) is 17.6. The summed E-state index contributed by atoms with van der Waals surface area (Å²) in [5.41, 5.74) is -0.749. The summed E-state index contributed by atoms with van der Waals surface area (Å²) in [6.45, 7) is 0. The van der Waals surface area contributed by atoms with Crippen LogP contribution in [0, 0.1) is 0 Å². The molecule has 3 aromatic rings. The van der Waals surface area contributed by atoms with E-state index in [1.54, 1.807) is 0 Å². The number of amides is 1. The highest BCUT2D eigenvalue weighted by Gasteiger charge is 2.46. The molecular formula is C24H21F5N4O4. The lowest BCUT2D eigenvalue weighted by Gasteiger charge is -2.34. The molecule has 1 aromatic carbocycles. The summed E-state index contributed by atoms with van der Waals surface area (Å²) in [6.07, 6.45) is -5.88. The van der Waals surface area contributed by atoms with Gasteiger partial charge in [-0.15, -0.1) is 0 Å². The molecule has 3 atom stereocenters. The number of rotatable bonds is 7. The number of aliphatic hydroxyl groups excluding tert-OH is 1. The van der Waals surface area contributed by atoms with Gasteiger partial charge in [-0.3, -0.25) is 14.6 Å². The van der Waals surface area contributed by atoms with Gasteiger partial charge < -0.3 is 15.2 Å². The topological polar surface area (TPSA) is 106 Å². The lowest BCUT2D eigenvalue weighted by molar-refractivity contribution is -0.141. The van der Waals surface area contributed by atoms with E-state index in [-0.39, 0.29) is 30.0 Å². The number of carbonyl (C=O) groups excluding carboxylic acids is 1. The molecule has 0 radical (unpaired) electrons. The molecule has 0 saturated heterocycles. The molecule has 4 rings (SSSR count). The Kier molecular flexibility index (Phi) is 7.52. The first-order valence-corrected chi connectivity index (χ1v) is 11.2. The lowest BCUT2D eigenvalue weighted by atomic mass is 9.89. The van der Waals surface area contributed by atoms with Crippen molar-refractivity contribution >= 4 is 5.91 Å². The monoisotopic (exact) mass is 524 g/mol. The smallest absolute Gasteiger partial charge is 0.304 e. The zero-order valence-electron chi connectivity index (χ0n) is 19.0. The predicted molar refractivity (Wildman–Crippen MR) is 121 cm³/mol. The zero-order valence-corrected chi connectivity index (χ0v) is 19.0. The van der Waals surface area contributed by atoms with Crippen LogP contribution in [0.4, 0.5) is 22.0 Å². The predicted octanol–water partition coefficient (Wildman–Crippen LogP) is 3.51. The first kappa shape index (κ1) is 26.2. The summed E-state index contributed by atoms with van der Waals surface area (Å²) in [4.78, 5) is 30.1. The normalized spacial score (nSPS) is 19.9. The molecule has 0 aliphatic heterocycles. The third kappa shape index (κ3) is 5.77. The average Bonchev–Trinajstić information content (AvgIpc) is 2.88. The van der Waals surface area contributed by atoms with Crippen LogP contribution in [0.1, 0.15) is 29.6 Å². The van der Waals surface area contributed by atoms with Crippen molar-refractivity contribution < 1.29 is 36.6 Å². The Labute approximate surface area is 206 Å². The standard InChI is InChI=1S/C24H21F5N4O4/c25-20(26)21(27)37-15-7-5-13(6-8-15)18-11-16(23(36)33(32-18)14-3-2-10-30-12-14)22(35)31-17-4-1-9-24(28,29)19(17)34/h2-3,5-8,10-12,17,19-21,34H,1,4,9H2,(H,31,35)/t17-,19+,21?/m0/s1. The van der Waals surface area contributed by atoms with Gasteiger partial charge in [0.1, 0.15) is 17.4 Å². The Morgan fingerprint density at radius 2 is 1.92 bits per heavy atom. The Morgan fingerprint density at radius 3 is 2.57 bits per heavy atom. The van der Waals surface area contributed by atoms with Crippen molar-refractivity contribution in [1.29, 1.82) is 0 Å². The van der Waals surface area contributed by atoms with Crippen LogP contribution in [0.2, 0.25) is 0 Å². The summed E-state index contributed by atoms with van der Waals surface area (Å²) >= 11 is 0. The van der Waals surface area contributed by atoms with E-state index in [0.717, 1.165) is 10.7 Å². The molecule has 196 valence electrons. The van der Waals surface area contributed by atoms with Gasteiger partial charge in [-0.05, 0) is 55.3 Å². The molecule has 0 spiro atoms. The SMILES string of the molecule is O=C(N[C@H]1CCCC(F)(F)[C@@H]1O)c1cc(-c2ccc(OC(F)C(F)F)cc2)nn(-c2cccnc2)c1=O. The molecule has 0 bridgehead atoms. The summed E-state index contributed by atoms with van der Waals surface area (Å²) in [6, 6.07) is 7.98. The number of ether oxygens (including phenoxy) is 1. The number of benzene rings is 1. The van der Waals surface area contributed by atoms with Crippen LogP contribution < -0.4 is 15.6 Å². The molecule has 1 unspecified atom stereocenters. The second-order valence-corrected chi connectivity index (χ2v) is 8.38. The Balaban J connectivity index is 1.71. The number of nitrogens with one attached hydrogen (secondary N) is 1. The third-order valence-electron chi connectivity index (χ3n) is 5.80. The van der Waals surface area contributed by atoms with Crippen molar-refractivity contribution in [3.05, 3.63) is 70.8 Å². The number of pyridine rings is 1. The first-order valence-electron chi connectivity index (χ1n) is 11.2. The molecule has 1 amide bonds. The molecule has 2 N–H and O–H groups in total. The fourth-order valence-corrected chi connectivity index (χ4v) is 3.89. The molecule has 37 heavy (non-hydrogen) atoms. The molecule has 1 saturated carbocycles. The quantitative estimate of drug-likeness (QED) is 0.459. The fraction of sp³-hybridized carbons (Fsp3) is 0.333. The Hall–Kier alpha value is -3.87. The van der Waals surface area contributed by atoms with E-state index in [1.807, 2.05) is 0 Å². The van der Waals surface area contributed by atoms with E-state index >= 15 is 0 Å².